The fourth-order valence-corrected chi connectivity index (χ4v) is 1.34. The van der Waals surface area contributed by atoms with E-state index in [0.717, 1.165) is 38.6 Å². The quantitative estimate of drug-likeness (QED) is 0.507. The maximum atomic E-state index is 11.2. The molecule has 0 aliphatic heterocycles. The van der Waals surface area contributed by atoms with Gasteiger partial charge in [-0.1, -0.05) is 0 Å². The average Bonchev–Trinajstić information content (AvgIpc) is 2.11. The molecule has 1 fully saturated rings. The molecule has 0 radical (unpaired) electrons. The molecule has 0 aromatic carbocycles. The van der Waals surface area contributed by atoms with Crippen LogP contribution in [0.2, 0.25) is 0 Å². The van der Waals surface area contributed by atoms with Gasteiger partial charge in [0.1, 0.15) is 0 Å². The SMILES string of the molecule is C#CCCCCNC(=O)NC1CCC1. The van der Waals surface area contributed by atoms with E-state index < -0.39 is 0 Å². The van der Waals surface area contributed by atoms with Gasteiger partial charge < -0.3 is 10.6 Å². The van der Waals surface area contributed by atoms with Gasteiger partial charge in [-0.3, -0.25) is 0 Å². The maximum Gasteiger partial charge on any atom is 0.315 e. The number of carbonyl (C=O) groups excluding carboxylic acids is 1. The monoisotopic (exact) mass is 194 g/mol. The highest BCUT2D eigenvalue weighted by Gasteiger charge is 2.18. The van der Waals surface area contributed by atoms with Crippen molar-refractivity contribution in [1.29, 1.82) is 0 Å². The topological polar surface area (TPSA) is 41.1 Å². The minimum atomic E-state index is -0.0320. The number of hydrogen-bond acceptors (Lipinski definition) is 1. The molecule has 1 aliphatic rings. The minimum Gasteiger partial charge on any atom is -0.338 e. The molecule has 0 unspecified atom stereocenters. The van der Waals surface area contributed by atoms with Crippen LogP contribution in [-0.2, 0) is 0 Å². The molecule has 3 heteroatoms. The van der Waals surface area contributed by atoms with Crippen LogP contribution in [0, 0.1) is 12.3 Å². The van der Waals surface area contributed by atoms with Gasteiger partial charge >= 0.3 is 6.03 Å². The van der Waals surface area contributed by atoms with E-state index in [9.17, 15) is 4.79 Å². The van der Waals surface area contributed by atoms with Gasteiger partial charge in [0.25, 0.3) is 0 Å². The third-order valence-corrected chi connectivity index (χ3v) is 2.47. The van der Waals surface area contributed by atoms with Crippen molar-refractivity contribution >= 4 is 6.03 Å². The fraction of sp³-hybridized carbons (Fsp3) is 0.727. The van der Waals surface area contributed by atoms with E-state index in [1.807, 2.05) is 0 Å². The second kappa shape index (κ2) is 6.31. The number of amides is 2. The Morgan fingerprint density at radius 3 is 2.79 bits per heavy atom. The van der Waals surface area contributed by atoms with E-state index in [1.54, 1.807) is 0 Å². The smallest absolute Gasteiger partial charge is 0.315 e. The van der Waals surface area contributed by atoms with Gasteiger partial charge in [0, 0.05) is 19.0 Å². The second-order valence-electron chi connectivity index (χ2n) is 3.69. The number of terminal acetylenes is 1. The van der Waals surface area contributed by atoms with Crippen LogP contribution in [0.15, 0.2) is 0 Å². The van der Waals surface area contributed by atoms with Crippen LogP contribution >= 0.6 is 0 Å². The number of unbranched alkanes of at least 4 members (excludes halogenated alkanes) is 2. The van der Waals surface area contributed by atoms with E-state index in [-0.39, 0.29) is 6.03 Å². The molecule has 3 nitrogen and oxygen atoms in total. The number of nitrogens with one attached hydrogen (secondary N) is 2. The molecule has 0 saturated heterocycles. The summed E-state index contributed by atoms with van der Waals surface area (Å²) in [5, 5.41) is 5.74. The summed E-state index contributed by atoms with van der Waals surface area (Å²) in [5.74, 6) is 2.58. The summed E-state index contributed by atoms with van der Waals surface area (Å²) in [6.07, 6.45) is 11.4. The molecule has 2 amide bonds. The summed E-state index contributed by atoms with van der Waals surface area (Å²) in [5.41, 5.74) is 0. The molecule has 0 aromatic heterocycles. The van der Waals surface area contributed by atoms with E-state index in [0.29, 0.717) is 6.04 Å². The zero-order valence-corrected chi connectivity index (χ0v) is 8.51. The summed E-state index contributed by atoms with van der Waals surface area (Å²) in [7, 11) is 0. The third kappa shape index (κ3) is 4.18. The Morgan fingerprint density at radius 2 is 2.21 bits per heavy atom. The molecular weight excluding hydrogens is 176 g/mol. The minimum absolute atomic E-state index is 0.0320. The lowest BCUT2D eigenvalue weighted by Gasteiger charge is -2.26. The Balaban J connectivity index is 1.90. The highest BCUT2D eigenvalue weighted by Crippen LogP contribution is 2.17. The van der Waals surface area contributed by atoms with E-state index in [4.69, 9.17) is 6.42 Å². The molecule has 0 atom stereocenters. The Labute approximate surface area is 85.6 Å². The predicted octanol–water partition coefficient (Wildman–Crippen LogP) is 1.64. The van der Waals surface area contributed by atoms with Crippen molar-refractivity contribution in [2.75, 3.05) is 6.54 Å². The molecule has 1 aliphatic carbocycles. The highest BCUT2D eigenvalue weighted by atomic mass is 16.2. The maximum absolute atomic E-state index is 11.2. The van der Waals surface area contributed by atoms with Crippen LogP contribution in [0.4, 0.5) is 4.79 Å². The zero-order chi connectivity index (χ0) is 10.2. The van der Waals surface area contributed by atoms with Gasteiger partial charge in [-0.25, -0.2) is 4.79 Å². The van der Waals surface area contributed by atoms with Crippen LogP contribution in [-0.4, -0.2) is 18.6 Å². The molecule has 14 heavy (non-hydrogen) atoms. The zero-order valence-electron chi connectivity index (χ0n) is 8.51. The van der Waals surface area contributed by atoms with E-state index >= 15 is 0 Å². The van der Waals surface area contributed by atoms with Crippen molar-refractivity contribution in [3.63, 3.8) is 0 Å². The van der Waals surface area contributed by atoms with Crippen molar-refractivity contribution in [2.45, 2.75) is 44.6 Å². The number of urea groups is 1. The highest BCUT2D eigenvalue weighted by molar-refractivity contribution is 5.74. The molecule has 0 heterocycles. The van der Waals surface area contributed by atoms with Gasteiger partial charge in [-0.2, -0.15) is 0 Å². The third-order valence-electron chi connectivity index (χ3n) is 2.47. The van der Waals surface area contributed by atoms with Gasteiger partial charge in [-0.15, -0.1) is 12.3 Å². The molecule has 1 rings (SSSR count). The van der Waals surface area contributed by atoms with Gasteiger partial charge in [-0.05, 0) is 32.1 Å². The van der Waals surface area contributed by atoms with Crippen molar-refractivity contribution in [1.82, 2.24) is 10.6 Å². The van der Waals surface area contributed by atoms with Crippen LogP contribution in [0.25, 0.3) is 0 Å². The number of hydrogen-bond donors (Lipinski definition) is 2. The lowest BCUT2D eigenvalue weighted by atomic mass is 9.93. The Bertz CT molecular complexity index is 216. The summed E-state index contributed by atoms with van der Waals surface area (Å²) >= 11 is 0. The summed E-state index contributed by atoms with van der Waals surface area (Å²) in [4.78, 5) is 11.2. The van der Waals surface area contributed by atoms with Crippen molar-refractivity contribution < 1.29 is 4.79 Å². The standard InChI is InChI=1S/C11H18N2O/c1-2-3-4-5-9-12-11(14)13-10-7-6-8-10/h1,10H,3-9H2,(H2,12,13,14). The lowest BCUT2D eigenvalue weighted by molar-refractivity contribution is 0.228. The Kier molecular flexibility index (Phi) is 4.92. The Morgan fingerprint density at radius 1 is 1.43 bits per heavy atom. The van der Waals surface area contributed by atoms with Crippen molar-refractivity contribution in [3.8, 4) is 12.3 Å². The molecule has 78 valence electrons. The molecule has 2 N–H and O–H groups in total. The summed E-state index contributed by atoms with van der Waals surface area (Å²) in [6.45, 7) is 0.722. The predicted molar refractivity (Wildman–Crippen MR) is 56.9 cm³/mol. The molecule has 0 aromatic rings. The first-order valence-corrected chi connectivity index (χ1v) is 5.31. The van der Waals surface area contributed by atoms with Crippen LogP contribution < -0.4 is 10.6 Å². The fourth-order valence-electron chi connectivity index (χ4n) is 1.34. The van der Waals surface area contributed by atoms with E-state index in [2.05, 4.69) is 16.6 Å². The average molecular weight is 194 g/mol. The summed E-state index contributed by atoms with van der Waals surface area (Å²) < 4.78 is 0. The second-order valence-corrected chi connectivity index (χ2v) is 3.69. The Hall–Kier alpha value is -1.17. The van der Waals surface area contributed by atoms with Gasteiger partial charge in [0.15, 0.2) is 0 Å². The first-order valence-electron chi connectivity index (χ1n) is 5.31. The van der Waals surface area contributed by atoms with Gasteiger partial charge in [0.2, 0.25) is 0 Å². The molecule has 1 saturated carbocycles. The first-order chi connectivity index (χ1) is 6.83. The van der Waals surface area contributed by atoms with Crippen molar-refractivity contribution in [2.24, 2.45) is 0 Å². The molecular formula is C11H18N2O. The number of carbonyl (C=O) groups is 1. The normalized spacial score (nSPS) is 15.4. The van der Waals surface area contributed by atoms with Crippen LogP contribution in [0.5, 0.6) is 0 Å². The summed E-state index contributed by atoms with van der Waals surface area (Å²) in [6, 6.07) is 0.385. The van der Waals surface area contributed by atoms with E-state index in [1.165, 1.54) is 6.42 Å². The van der Waals surface area contributed by atoms with Crippen molar-refractivity contribution in [3.05, 3.63) is 0 Å². The van der Waals surface area contributed by atoms with Gasteiger partial charge in [0.05, 0.1) is 0 Å². The first kappa shape index (κ1) is 10.9. The molecule has 0 bridgehead atoms. The molecule has 0 spiro atoms. The number of rotatable bonds is 5. The van der Waals surface area contributed by atoms with Crippen LogP contribution in [0.1, 0.15) is 38.5 Å². The largest absolute Gasteiger partial charge is 0.338 e. The lowest BCUT2D eigenvalue weighted by Crippen LogP contribution is -2.45. The van der Waals surface area contributed by atoms with Crippen LogP contribution in [0.3, 0.4) is 0 Å².